The number of benzene rings is 1. The van der Waals surface area contributed by atoms with E-state index in [9.17, 15) is 4.39 Å². The van der Waals surface area contributed by atoms with Gasteiger partial charge in [-0.2, -0.15) is 0 Å². The number of hydrogen-bond acceptors (Lipinski definition) is 1. The van der Waals surface area contributed by atoms with Crippen molar-refractivity contribution in [2.45, 2.75) is 52.0 Å². The number of unbranched alkanes of at least 4 members (excludes halogenated alkanes) is 2. The van der Waals surface area contributed by atoms with Crippen molar-refractivity contribution in [3.05, 3.63) is 34.6 Å². The molecule has 1 N–H and O–H groups in total. The lowest BCUT2D eigenvalue weighted by atomic mass is 10.00. The van der Waals surface area contributed by atoms with Gasteiger partial charge in [-0.25, -0.2) is 4.39 Å². The molecule has 0 fully saturated rings. The molecule has 0 aliphatic rings. The fourth-order valence-electron chi connectivity index (χ4n) is 2.03. The highest BCUT2D eigenvalue weighted by Crippen LogP contribution is 2.24. The minimum Gasteiger partial charge on any atom is -0.310 e. The summed E-state index contributed by atoms with van der Waals surface area (Å²) in [5.41, 5.74) is 1.00. The molecule has 0 bridgehead atoms. The van der Waals surface area contributed by atoms with Gasteiger partial charge in [-0.3, -0.25) is 0 Å². The van der Waals surface area contributed by atoms with Crippen LogP contribution in [0.5, 0.6) is 0 Å². The Balaban J connectivity index is 2.70. The fourth-order valence-corrected chi connectivity index (χ4v) is 2.15. The smallest absolute Gasteiger partial charge is 0.142 e. The Labute approximate surface area is 115 Å². The summed E-state index contributed by atoms with van der Waals surface area (Å²) in [5.74, 6) is -0.326. The second-order valence-corrected chi connectivity index (χ2v) is 5.08. The third-order valence-electron chi connectivity index (χ3n) is 3.08. The maximum atomic E-state index is 13.5. The molecule has 1 aromatic carbocycles. The molecule has 0 heterocycles. The first-order chi connectivity index (χ1) is 8.69. The van der Waals surface area contributed by atoms with Crippen LogP contribution in [0.1, 0.15) is 57.6 Å². The van der Waals surface area contributed by atoms with E-state index < -0.39 is 0 Å². The molecule has 1 atom stereocenters. The molecule has 102 valence electrons. The molecule has 1 nitrogen and oxygen atoms in total. The molecule has 1 aromatic rings. The average Bonchev–Trinajstić information content (AvgIpc) is 2.37. The van der Waals surface area contributed by atoms with Crippen LogP contribution in [0.2, 0.25) is 5.02 Å². The van der Waals surface area contributed by atoms with Gasteiger partial charge in [-0.05, 0) is 37.1 Å². The maximum absolute atomic E-state index is 13.5. The number of hydrogen-bond donors (Lipinski definition) is 1. The molecular weight excluding hydrogens is 249 g/mol. The first kappa shape index (κ1) is 15.5. The highest BCUT2D eigenvalue weighted by molar-refractivity contribution is 6.30. The van der Waals surface area contributed by atoms with Crippen molar-refractivity contribution in [1.82, 2.24) is 5.32 Å². The van der Waals surface area contributed by atoms with E-state index in [0.717, 1.165) is 24.9 Å². The van der Waals surface area contributed by atoms with Gasteiger partial charge in [0.15, 0.2) is 0 Å². The monoisotopic (exact) mass is 271 g/mol. The number of rotatable bonds is 8. The zero-order chi connectivity index (χ0) is 13.4. The summed E-state index contributed by atoms with van der Waals surface area (Å²) in [6.45, 7) is 5.29. The van der Waals surface area contributed by atoms with Gasteiger partial charge in [-0.15, -0.1) is 0 Å². The molecule has 0 radical (unpaired) electrons. The van der Waals surface area contributed by atoms with E-state index in [2.05, 4.69) is 19.2 Å². The molecule has 1 unspecified atom stereocenters. The van der Waals surface area contributed by atoms with E-state index in [1.807, 2.05) is 6.07 Å². The Morgan fingerprint density at radius 2 is 2.00 bits per heavy atom. The van der Waals surface area contributed by atoms with E-state index in [0.29, 0.717) is 0 Å². The summed E-state index contributed by atoms with van der Waals surface area (Å²) >= 11 is 5.72. The molecule has 0 spiro atoms. The highest BCUT2D eigenvalue weighted by Gasteiger charge is 2.12. The Morgan fingerprint density at radius 3 is 2.61 bits per heavy atom. The summed E-state index contributed by atoms with van der Waals surface area (Å²) in [7, 11) is 0. The van der Waals surface area contributed by atoms with Gasteiger partial charge in [0, 0.05) is 6.04 Å². The van der Waals surface area contributed by atoms with E-state index in [-0.39, 0.29) is 16.9 Å². The van der Waals surface area contributed by atoms with Crippen molar-refractivity contribution >= 4 is 11.6 Å². The van der Waals surface area contributed by atoms with E-state index in [1.165, 1.54) is 19.3 Å². The second kappa shape index (κ2) is 8.49. The summed E-state index contributed by atoms with van der Waals surface area (Å²) in [5, 5.41) is 3.68. The Morgan fingerprint density at radius 1 is 1.22 bits per heavy atom. The van der Waals surface area contributed by atoms with Crippen LogP contribution < -0.4 is 5.32 Å². The standard InChI is InChI=1S/C15H23ClFN/c1-3-5-6-7-15(18-10-4-2)12-8-9-13(16)14(17)11-12/h8-9,11,15,18H,3-7,10H2,1-2H3. The molecular formula is C15H23ClFN. The van der Waals surface area contributed by atoms with Crippen LogP contribution >= 0.6 is 11.6 Å². The van der Waals surface area contributed by atoms with Gasteiger partial charge in [-0.1, -0.05) is 50.8 Å². The predicted octanol–water partition coefficient (Wildman–Crippen LogP) is 5.10. The first-order valence-electron chi connectivity index (χ1n) is 6.87. The molecule has 0 saturated carbocycles. The summed E-state index contributed by atoms with van der Waals surface area (Å²) in [4.78, 5) is 0. The predicted molar refractivity (Wildman–Crippen MR) is 76.6 cm³/mol. The van der Waals surface area contributed by atoms with Crippen molar-refractivity contribution in [3.8, 4) is 0 Å². The van der Waals surface area contributed by atoms with Gasteiger partial charge in [0.2, 0.25) is 0 Å². The quantitative estimate of drug-likeness (QED) is 0.649. The van der Waals surface area contributed by atoms with Crippen LogP contribution in [-0.4, -0.2) is 6.54 Å². The second-order valence-electron chi connectivity index (χ2n) is 4.68. The summed E-state index contributed by atoms with van der Waals surface area (Å²) < 4.78 is 13.5. The molecule has 0 aromatic heterocycles. The van der Waals surface area contributed by atoms with Crippen LogP contribution in [0.15, 0.2) is 18.2 Å². The van der Waals surface area contributed by atoms with Crippen LogP contribution in [0.25, 0.3) is 0 Å². The normalized spacial score (nSPS) is 12.7. The fraction of sp³-hybridized carbons (Fsp3) is 0.600. The largest absolute Gasteiger partial charge is 0.310 e. The molecule has 0 saturated heterocycles. The van der Waals surface area contributed by atoms with Crippen LogP contribution in [0.3, 0.4) is 0 Å². The highest BCUT2D eigenvalue weighted by atomic mass is 35.5. The third-order valence-corrected chi connectivity index (χ3v) is 3.39. The molecule has 1 rings (SSSR count). The number of nitrogens with one attached hydrogen (secondary N) is 1. The maximum Gasteiger partial charge on any atom is 0.142 e. The SMILES string of the molecule is CCCCCC(NCCC)c1ccc(Cl)c(F)c1. The molecule has 0 aliphatic carbocycles. The Hall–Kier alpha value is -0.600. The summed E-state index contributed by atoms with van der Waals surface area (Å²) in [6.07, 6.45) is 5.73. The topological polar surface area (TPSA) is 12.0 Å². The minimum absolute atomic E-state index is 0.196. The molecule has 3 heteroatoms. The van der Waals surface area contributed by atoms with Crippen molar-refractivity contribution in [2.75, 3.05) is 6.54 Å². The lowest BCUT2D eigenvalue weighted by Crippen LogP contribution is -2.22. The van der Waals surface area contributed by atoms with E-state index in [4.69, 9.17) is 11.6 Å². The van der Waals surface area contributed by atoms with Gasteiger partial charge in [0.1, 0.15) is 5.82 Å². The zero-order valence-electron chi connectivity index (χ0n) is 11.3. The lowest BCUT2D eigenvalue weighted by Gasteiger charge is -2.19. The number of halogens is 2. The Kier molecular flexibility index (Phi) is 7.29. The Bertz CT molecular complexity index is 354. The van der Waals surface area contributed by atoms with Gasteiger partial charge < -0.3 is 5.32 Å². The molecule has 18 heavy (non-hydrogen) atoms. The van der Waals surface area contributed by atoms with E-state index in [1.54, 1.807) is 12.1 Å². The molecule has 0 amide bonds. The van der Waals surface area contributed by atoms with Crippen molar-refractivity contribution in [1.29, 1.82) is 0 Å². The van der Waals surface area contributed by atoms with Gasteiger partial charge in [0.25, 0.3) is 0 Å². The van der Waals surface area contributed by atoms with Crippen molar-refractivity contribution < 1.29 is 4.39 Å². The zero-order valence-corrected chi connectivity index (χ0v) is 12.1. The van der Waals surface area contributed by atoms with Crippen molar-refractivity contribution in [3.63, 3.8) is 0 Å². The lowest BCUT2D eigenvalue weighted by molar-refractivity contribution is 0.472. The first-order valence-corrected chi connectivity index (χ1v) is 7.25. The van der Waals surface area contributed by atoms with Gasteiger partial charge in [0.05, 0.1) is 5.02 Å². The van der Waals surface area contributed by atoms with Crippen LogP contribution in [0.4, 0.5) is 4.39 Å². The average molecular weight is 272 g/mol. The van der Waals surface area contributed by atoms with Crippen molar-refractivity contribution in [2.24, 2.45) is 0 Å². The van der Waals surface area contributed by atoms with E-state index >= 15 is 0 Å². The molecule has 0 aliphatic heterocycles. The third kappa shape index (κ3) is 4.95. The minimum atomic E-state index is -0.326. The summed E-state index contributed by atoms with van der Waals surface area (Å²) in [6, 6.07) is 5.36. The van der Waals surface area contributed by atoms with Gasteiger partial charge >= 0.3 is 0 Å². The van der Waals surface area contributed by atoms with Crippen LogP contribution in [-0.2, 0) is 0 Å². The van der Waals surface area contributed by atoms with Crippen LogP contribution in [0, 0.1) is 5.82 Å².